The van der Waals surface area contributed by atoms with Crippen LogP contribution in [0.1, 0.15) is 18.1 Å². The first-order valence-electron chi connectivity index (χ1n) is 6.05. The van der Waals surface area contributed by atoms with Crippen molar-refractivity contribution in [3.8, 4) is 5.75 Å². The van der Waals surface area contributed by atoms with Gasteiger partial charge in [-0.05, 0) is 31.5 Å². The fourth-order valence-electron chi connectivity index (χ4n) is 1.92. The van der Waals surface area contributed by atoms with Crippen molar-refractivity contribution in [1.82, 2.24) is 0 Å². The number of carbonyl (C=O) groups is 1. The minimum absolute atomic E-state index is 0.291. The van der Waals surface area contributed by atoms with E-state index < -0.39 is 12.4 Å². The Hall–Kier alpha value is -1.75. The van der Waals surface area contributed by atoms with Crippen molar-refractivity contribution in [3.63, 3.8) is 0 Å². The summed E-state index contributed by atoms with van der Waals surface area (Å²) in [5.41, 5.74) is 7.72. The predicted octanol–water partition coefficient (Wildman–Crippen LogP) is 1.62. The van der Waals surface area contributed by atoms with Gasteiger partial charge in [-0.25, -0.2) is 4.79 Å². The average molecular weight is 251 g/mol. The van der Waals surface area contributed by atoms with Crippen LogP contribution in [0, 0.1) is 0 Å². The molecular formula is C13H17NO4. The van der Waals surface area contributed by atoms with Gasteiger partial charge in [-0.2, -0.15) is 0 Å². The smallest absolute Gasteiger partial charge is 0.454 e. The van der Waals surface area contributed by atoms with E-state index in [2.05, 4.69) is 0 Å². The molecule has 1 atom stereocenters. The van der Waals surface area contributed by atoms with Gasteiger partial charge in [0.1, 0.15) is 5.75 Å². The van der Waals surface area contributed by atoms with Gasteiger partial charge < -0.3 is 19.9 Å². The Labute approximate surface area is 106 Å². The molecule has 1 aliphatic rings. The Balaban J connectivity index is 1.97. The van der Waals surface area contributed by atoms with E-state index >= 15 is 0 Å². The fraction of sp³-hybridized carbons (Fsp3) is 0.462. The molecule has 98 valence electrons. The monoisotopic (exact) mass is 251 g/mol. The first-order chi connectivity index (χ1) is 8.72. The Morgan fingerprint density at radius 2 is 2.39 bits per heavy atom. The number of carbonyl (C=O) groups excluding carboxylic acids is 1. The van der Waals surface area contributed by atoms with Crippen LogP contribution in [0.15, 0.2) is 18.2 Å². The van der Waals surface area contributed by atoms with Gasteiger partial charge >= 0.3 is 6.16 Å². The molecular weight excluding hydrogens is 234 g/mol. The lowest BCUT2D eigenvalue weighted by atomic mass is 10.1. The van der Waals surface area contributed by atoms with Crippen LogP contribution >= 0.6 is 0 Å². The zero-order valence-electron chi connectivity index (χ0n) is 10.3. The summed E-state index contributed by atoms with van der Waals surface area (Å²) in [6.45, 7) is 2.63. The lowest BCUT2D eigenvalue weighted by Gasteiger charge is -2.10. The van der Waals surface area contributed by atoms with E-state index in [0.29, 0.717) is 19.6 Å². The molecule has 1 aromatic rings. The summed E-state index contributed by atoms with van der Waals surface area (Å²) < 4.78 is 15.2. The van der Waals surface area contributed by atoms with Gasteiger partial charge in [-0.3, -0.25) is 0 Å². The van der Waals surface area contributed by atoms with Gasteiger partial charge in [0.05, 0.1) is 13.0 Å². The molecule has 0 radical (unpaired) electrons. The van der Waals surface area contributed by atoms with Crippen LogP contribution in [0.3, 0.4) is 0 Å². The summed E-state index contributed by atoms with van der Waals surface area (Å²) >= 11 is 0. The van der Waals surface area contributed by atoms with Gasteiger partial charge in [-0.15, -0.1) is 0 Å². The first kappa shape index (κ1) is 12.7. The topological polar surface area (TPSA) is 70.8 Å². The second-order valence-corrected chi connectivity index (χ2v) is 4.03. The number of rotatable bonds is 4. The maximum Gasteiger partial charge on any atom is 0.511 e. The number of nitrogens with two attached hydrogens (primary N) is 1. The van der Waals surface area contributed by atoms with Crippen molar-refractivity contribution in [2.24, 2.45) is 5.73 Å². The summed E-state index contributed by atoms with van der Waals surface area (Å²) in [5, 5.41) is 0. The van der Waals surface area contributed by atoms with E-state index in [1.165, 1.54) is 0 Å². The number of benzene rings is 1. The Kier molecular flexibility index (Phi) is 4.04. The predicted molar refractivity (Wildman–Crippen MR) is 65.4 cm³/mol. The van der Waals surface area contributed by atoms with Crippen LogP contribution in [0.25, 0.3) is 0 Å². The molecule has 0 aliphatic carbocycles. The number of ether oxygens (including phenoxy) is 3. The molecule has 2 rings (SSSR count). The van der Waals surface area contributed by atoms with E-state index in [0.717, 1.165) is 23.3 Å². The molecule has 5 heteroatoms. The molecule has 5 nitrogen and oxygen atoms in total. The Bertz CT molecular complexity index is 433. The summed E-state index contributed by atoms with van der Waals surface area (Å²) in [7, 11) is 0. The molecule has 0 spiro atoms. The standard InChI is InChI=1S/C13H17NO4/c1-2-16-13(15)18-12-8-10-7-9(5-6-14)3-4-11(10)17-12/h3-4,7,12H,2,5-6,8,14H2,1H3. The van der Waals surface area contributed by atoms with Gasteiger partial charge in [0.15, 0.2) is 0 Å². The number of fused-ring (bicyclic) bond motifs is 1. The number of hydrogen-bond donors (Lipinski definition) is 1. The average Bonchev–Trinajstić information content (AvgIpc) is 2.71. The largest absolute Gasteiger partial charge is 0.511 e. The van der Waals surface area contributed by atoms with Crippen LogP contribution in [0.2, 0.25) is 0 Å². The van der Waals surface area contributed by atoms with Gasteiger partial charge in [0.2, 0.25) is 0 Å². The molecule has 0 saturated heterocycles. The number of hydrogen-bond acceptors (Lipinski definition) is 5. The van der Waals surface area contributed by atoms with Crippen molar-refractivity contribution < 1.29 is 19.0 Å². The highest BCUT2D eigenvalue weighted by Crippen LogP contribution is 2.30. The highest BCUT2D eigenvalue weighted by Gasteiger charge is 2.26. The molecule has 0 bridgehead atoms. The van der Waals surface area contributed by atoms with Gasteiger partial charge in [-0.1, -0.05) is 12.1 Å². The third-order valence-electron chi connectivity index (χ3n) is 2.69. The van der Waals surface area contributed by atoms with Crippen LogP contribution in [-0.2, 0) is 22.3 Å². The van der Waals surface area contributed by atoms with Crippen LogP contribution in [-0.4, -0.2) is 25.6 Å². The van der Waals surface area contributed by atoms with Gasteiger partial charge in [0, 0.05) is 5.56 Å². The summed E-state index contributed by atoms with van der Waals surface area (Å²) in [4.78, 5) is 11.2. The third-order valence-corrected chi connectivity index (χ3v) is 2.69. The Morgan fingerprint density at radius 1 is 1.56 bits per heavy atom. The van der Waals surface area contributed by atoms with Crippen molar-refractivity contribution >= 4 is 6.16 Å². The van der Waals surface area contributed by atoms with Gasteiger partial charge in [0.25, 0.3) is 6.29 Å². The first-order valence-corrected chi connectivity index (χ1v) is 6.05. The maximum atomic E-state index is 11.2. The fourth-order valence-corrected chi connectivity index (χ4v) is 1.92. The van der Waals surface area contributed by atoms with E-state index in [-0.39, 0.29) is 0 Å². The molecule has 0 amide bonds. The van der Waals surface area contributed by atoms with E-state index in [4.69, 9.17) is 19.9 Å². The summed E-state index contributed by atoms with van der Waals surface area (Å²) in [6.07, 6.45) is 0.0909. The SMILES string of the molecule is CCOC(=O)OC1Cc2cc(CCN)ccc2O1. The highest BCUT2D eigenvalue weighted by molar-refractivity contribution is 5.60. The third kappa shape index (κ3) is 2.92. The zero-order chi connectivity index (χ0) is 13.0. The molecule has 18 heavy (non-hydrogen) atoms. The highest BCUT2D eigenvalue weighted by atomic mass is 16.8. The molecule has 0 fully saturated rings. The van der Waals surface area contributed by atoms with E-state index in [1.54, 1.807) is 6.92 Å². The summed E-state index contributed by atoms with van der Waals surface area (Å²) in [6, 6.07) is 5.89. The second-order valence-electron chi connectivity index (χ2n) is 4.03. The quantitative estimate of drug-likeness (QED) is 0.823. The minimum atomic E-state index is -0.697. The second kappa shape index (κ2) is 5.73. The minimum Gasteiger partial charge on any atom is -0.454 e. The zero-order valence-corrected chi connectivity index (χ0v) is 10.3. The molecule has 1 heterocycles. The molecule has 1 aliphatic heterocycles. The van der Waals surface area contributed by atoms with Crippen LogP contribution in [0.5, 0.6) is 5.75 Å². The van der Waals surface area contributed by atoms with E-state index in [1.807, 2.05) is 18.2 Å². The van der Waals surface area contributed by atoms with Crippen molar-refractivity contribution in [2.75, 3.05) is 13.2 Å². The Morgan fingerprint density at radius 3 is 3.11 bits per heavy atom. The van der Waals surface area contributed by atoms with E-state index in [9.17, 15) is 4.79 Å². The molecule has 2 N–H and O–H groups in total. The molecule has 0 saturated carbocycles. The molecule has 1 aromatic carbocycles. The maximum absolute atomic E-state index is 11.2. The molecule has 1 unspecified atom stereocenters. The van der Waals surface area contributed by atoms with Crippen molar-refractivity contribution in [3.05, 3.63) is 29.3 Å². The van der Waals surface area contributed by atoms with Crippen molar-refractivity contribution in [2.45, 2.75) is 26.1 Å². The lowest BCUT2D eigenvalue weighted by molar-refractivity contribution is -0.0509. The molecule has 0 aromatic heterocycles. The lowest BCUT2D eigenvalue weighted by Crippen LogP contribution is -2.22. The van der Waals surface area contributed by atoms with Crippen LogP contribution in [0.4, 0.5) is 4.79 Å². The summed E-state index contributed by atoms with van der Waals surface area (Å²) in [5.74, 6) is 0.755. The normalized spacial score (nSPS) is 16.9. The van der Waals surface area contributed by atoms with Crippen LogP contribution < -0.4 is 10.5 Å². The van der Waals surface area contributed by atoms with Crippen molar-refractivity contribution in [1.29, 1.82) is 0 Å².